The molecule has 0 amide bonds. The summed E-state index contributed by atoms with van der Waals surface area (Å²) in [6, 6.07) is 6.10. The summed E-state index contributed by atoms with van der Waals surface area (Å²) in [7, 11) is -4.12. The van der Waals surface area contributed by atoms with Gasteiger partial charge in [-0.25, -0.2) is 12.8 Å². The van der Waals surface area contributed by atoms with Crippen molar-refractivity contribution in [3.8, 4) is 0 Å². The third-order valence-electron chi connectivity index (χ3n) is 2.45. The molecule has 1 aromatic heterocycles. The maximum Gasteiger partial charge on any atom is 0.327 e. The molecule has 1 atom stereocenters. The van der Waals surface area contributed by atoms with Crippen LogP contribution in [0.1, 0.15) is 10.9 Å². The summed E-state index contributed by atoms with van der Waals surface area (Å²) < 4.78 is 39.2. The quantitative estimate of drug-likeness (QED) is 0.884. The van der Waals surface area contributed by atoms with Gasteiger partial charge in [-0.1, -0.05) is 12.1 Å². The monoisotopic (exact) mass is 315 g/mol. The van der Waals surface area contributed by atoms with Crippen molar-refractivity contribution in [2.45, 2.75) is 10.9 Å². The normalized spacial score (nSPS) is 13.1. The molecular formula is C12H10FNO4S2. The number of carboxylic acids is 1. The molecule has 106 valence electrons. The van der Waals surface area contributed by atoms with Crippen LogP contribution in [0, 0.1) is 5.82 Å². The van der Waals surface area contributed by atoms with E-state index < -0.39 is 27.9 Å². The highest BCUT2D eigenvalue weighted by Crippen LogP contribution is 2.22. The van der Waals surface area contributed by atoms with Crippen molar-refractivity contribution in [1.29, 1.82) is 0 Å². The van der Waals surface area contributed by atoms with Crippen molar-refractivity contribution in [2.75, 3.05) is 0 Å². The molecule has 2 N–H and O–H groups in total. The lowest BCUT2D eigenvalue weighted by atomic mass is 10.3. The molecule has 0 bridgehead atoms. The zero-order valence-electron chi connectivity index (χ0n) is 9.99. The van der Waals surface area contributed by atoms with E-state index in [-0.39, 0.29) is 4.90 Å². The Morgan fingerprint density at radius 1 is 1.30 bits per heavy atom. The average molecular weight is 315 g/mol. The van der Waals surface area contributed by atoms with Crippen molar-refractivity contribution in [3.63, 3.8) is 0 Å². The van der Waals surface area contributed by atoms with Gasteiger partial charge in [0.2, 0.25) is 10.0 Å². The molecular weight excluding hydrogens is 305 g/mol. The molecule has 5 nitrogen and oxygen atoms in total. The fourth-order valence-electron chi connectivity index (χ4n) is 1.54. The Hall–Kier alpha value is -1.77. The minimum Gasteiger partial charge on any atom is -0.480 e. The molecule has 2 aromatic rings. The third kappa shape index (κ3) is 3.21. The Kier molecular flexibility index (Phi) is 4.17. The molecule has 0 aliphatic heterocycles. The van der Waals surface area contributed by atoms with E-state index in [1.807, 2.05) is 0 Å². The number of nitrogens with one attached hydrogen (secondary N) is 1. The lowest BCUT2D eigenvalue weighted by molar-refractivity contribution is -0.139. The summed E-state index contributed by atoms with van der Waals surface area (Å²) >= 11 is 1.12. The molecule has 20 heavy (non-hydrogen) atoms. The second-order valence-corrected chi connectivity index (χ2v) is 6.56. The number of rotatable bonds is 5. The number of sulfonamides is 1. The average Bonchev–Trinajstić information content (AvgIpc) is 2.89. The van der Waals surface area contributed by atoms with Crippen molar-refractivity contribution in [2.24, 2.45) is 0 Å². The lowest BCUT2D eigenvalue weighted by Crippen LogP contribution is -2.33. The topological polar surface area (TPSA) is 83.5 Å². The lowest BCUT2D eigenvalue weighted by Gasteiger charge is -2.13. The highest BCUT2D eigenvalue weighted by molar-refractivity contribution is 7.89. The summed E-state index contributed by atoms with van der Waals surface area (Å²) in [6.07, 6.45) is 0. The molecule has 0 saturated carbocycles. The molecule has 0 aliphatic rings. The smallest absolute Gasteiger partial charge is 0.327 e. The highest BCUT2D eigenvalue weighted by atomic mass is 32.2. The maximum absolute atomic E-state index is 13.1. The Morgan fingerprint density at radius 2 is 2.05 bits per heavy atom. The van der Waals surface area contributed by atoms with Crippen molar-refractivity contribution < 1.29 is 22.7 Å². The fourth-order valence-corrected chi connectivity index (χ4v) is 3.58. The van der Waals surface area contributed by atoms with E-state index in [4.69, 9.17) is 5.11 Å². The molecule has 0 spiro atoms. The summed E-state index contributed by atoms with van der Waals surface area (Å²) in [5.41, 5.74) is 0. The molecule has 0 aliphatic carbocycles. The van der Waals surface area contributed by atoms with Crippen LogP contribution in [0.25, 0.3) is 0 Å². The van der Waals surface area contributed by atoms with Crippen LogP contribution in [-0.2, 0) is 14.8 Å². The van der Waals surface area contributed by atoms with E-state index in [9.17, 15) is 17.6 Å². The van der Waals surface area contributed by atoms with Gasteiger partial charge in [0.05, 0.1) is 4.90 Å². The molecule has 0 saturated heterocycles. The zero-order chi connectivity index (χ0) is 14.8. The van der Waals surface area contributed by atoms with E-state index in [0.29, 0.717) is 4.88 Å². The van der Waals surface area contributed by atoms with E-state index >= 15 is 0 Å². The van der Waals surface area contributed by atoms with Crippen LogP contribution < -0.4 is 4.72 Å². The first kappa shape index (κ1) is 14.6. The number of hydrogen-bond acceptors (Lipinski definition) is 4. The first-order valence-electron chi connectivity index (χ1n) is 5.44. The number of halogens is 1. The van der Waals surface area contributed by atoms with Gasteiger partial charge in [-0.2, -0.15) is 4.72 Å². The van der Waals surface area contributed by atoms with E-state index in [1.54, 1.807) is 11.4 Å². The predicted octanol–water partition coefficient (Wildman–Crippen LogP) is 1.99. The number of carbonyl (C=O) groups is 1. The van der Waals surface area contributed by atoms with Gasteiger partial charge < -0.3 is 5.11 Å². The van der Waals surface area contributed by atoms with Crippen LogP contribution in [0.5, 0.6) is 0 Å². The fraction of sp³-hybridized carbons (Fsp3) is 0.0833. The van der Waals surface area contributed by atoms with E-state index in [2.05, 4.69) is 4.72 Å². The maximum atomic E-state index is 13.1. The molecule has 0 fully saturated rings. The second-order valence-electron chi connectivity index (χ2n) is 3.87. The summed E-state index contributed by atoms with van der Waals surface area (Å²) in [5, 5.41) is 10.8. The largest absolute Gasteiger partial charge is 0.480 e. The van der Waals surface area contributed by atoms with Gasteiger partial charge in [0.25, 0.3) is 0 Å². The summed E-state index contributed by atoms with van der Waals surface area (Å²) in [6.45, 7) is 0. The van der Waals surface area contributed by atoms with Crippen LogP contribution in [-0.4, -0.2) is 19.5 Å². The Balaban J connectivity index is 2.33. The van der Waals surface area contributed by atoms with Gasteiger partial charge in [-0.3, -0.25) is 4.79 Å². The minimum atomic E-state index is -4.12. The van der Waals surface area contributed by atoms with Gasteiger partial charge >= 0.3 is 5.97 Å². The molecule has 1 unspecified atom stereocenters. The zero-order valence-corrected chi connectivity index (χ0v) is 11.6. The van der Waals surface area contributed by atoms with Gasteiger partial charge in [0, 0.05) is 4.88 Å². The Labute approximate surface area is 118 Å². The van der Waals surface area contributed by atoms with Crippen LogP contribution >= 0.6 is 11.3 Å². The number of thiophene rings is 1. The van der Waals surface area contributed by atoms with Gasteiger partial charge in [0.1, 0.15) is 5.82 Å². The van der Waals surface area contributed by atoms with Crippen molar-refractivity contribution >= 4 is 27.3 Å². The second kappa shape index (κ2) is 5.70. The van der Waals surface area contributed by atoms with Crippen LogP contribution in [0.3, 0.4) is 0 Å². The number of hydrogen-bond donors (Lipinski definition) is 2. The van der Waals surface area contributed by atoms with E-state index in [0.717, 1.165) is 23.5 Å². The number of carboxylic acid groups (broad SMARTS) is 1. The first-order valence-corrected chi connectivity index (χ1v) is 7.80. The molecule has 1 heterocycles. The molecule has 8 heteroatoms. The van der Waals surface area contributed by atoms with Crippen molar-refractivity contribution in [3.05, 3.63) is 52.5 Å². The first-order chi connectivity index (χ1) is 9.40. The predicted molar refractivity (Wildman–Crippen MR) is 71.4 cm³/mol. The van der Waals surface area contributed by atoms with Gasteiger partial charge in [0.15, 0.2) is 6.04 Å². The molecule has 2 rings (SSSR count). The van der Waals surface area contributed by atoms with Crippen LogP contribution in [0.15, 0.2) is 46.7 Å². The summed E-state index contributed by atoms with van der Waals surface area (Å²) in [4.78, 5) is 11.2. The number of benzene rings is 1. The standard InChI is InChI=1S/C12H10FNO4S2/c13-8-3-1-4-9(7-8)20(17,18)14-11(12(15)16)10-5-2-6-19-10/h1-7,11,14H,(H,15,16). The van der Waals surface area contributed by atoms with Gasteiger partial charge in [-0.05, 0) is 29.6 Å². The Bertz CT molecular complexity index is 713. The third-order valence-corrected chi connectivity index (χ3v) is 4.81. The Morgan fingerprint density at radius 3 is 2.60 bits per heavy atom. The highest BCUT2D eigenvalue weighted by Gasteiger charge is 2.27. The minimum absolute atomic E-state index is 0.319. The van der Waals surface area contributed by atoms with Crippen LogP contribution in [0.2, 0.25) is 0 Å². The van der Waals surface area contributed by atoms with Crippen LogP contribution in [0.4, 0.5) is 4.39 Å². The SMILES string of the molecule is O=C(O)C(NS(=O)(=O)c1cccc(F)c1)c1cccs1. The van der Waals surface area contributed by atoms with E-state index in [1.165, 1.54) is 18.2 Å². The molecule has 0 radical (unpaired) electrons. The van der Waals surface area contributed by atoms with Gasteiger partial charge in [-0.15, -0.1) is 11.3 Å². The van der Waals surface area contributed by atoms with Crippen molar-refractivity contribution in [1.82, 2.24) is 4.72 Å². The number of aliphatic carboxylic acids is 1. The molecule has 1 aromatic carbocycles. The summed E-state index contributed by atoms with van der Waals surface area (Å²) in [5.74, 6) is -2.04.